The molecule has 1 N–H and O–H groups in total. The van der Waals surface area contributed by atoms with Gasteiger partial charge in [-0.05, 0) is 36.6 Å². The third kappa shape index (κ3) is 5.17. The van der Waals surface area contributed by atoms with E-state index in [4.69, 9.17) is 9.65 Å². The number of benzene rings is 2. The monoisotopic (exact) mass is 445 g/mol. The second-order valence-electron chi connectivity index (χ2n) is 7.90. The van der Waals surface area contributed by atoms with Gasteiger partial charge in [-0.1, -0.05) is 30.3 Å². The fraction of sp³-hybridized carbons (Fsp3) is 0.364. The van der Waals surface area contributed by atoms with E-state index >= 15 is 0 Å². The van der Waals surface area contributed by atoms with Crippen molar-refractivity contribution in [3.05, 3.63) is 76.0 Å². The third-order valence-corrected chi connectivity index (χ3v) is 6.46. The number of halogens is 1. The molecular weight excluding hydrogens is 421 g/mol. The molecular formula is C22H24FN3O4S. The molecule has 1 aromatic heterocycles. The molecule has 0 radical (unpaired) electrons. The van der Waals surface area contributed by atoms with Crippen LogP contribution in [-0.4, -0.2) is 53.0 Å². The zero-order valence-corrected chi connectivity index (χ0v) is 17.8. The van der Waals surface area contributed by atoms with Gasteiger partial charge in [-0.25, -0.2) is 9.07 Å². The second kappa shape index (κ2) is 8.86. The molecule has 0 saturated carbocycles. The summed E-state index contributed by atoms with van der Waals surface area (Å²) < 4.78 is 45.8. The fourth-order valence-corrected chi connectivity index (χ4v) is 4.57. The van der Waals surface area contributed by atoms with Crippen LogP contribution in [0.15, 0.2) is 53.3 Å². The Labute approximate surface area is 179 Å². The minimum Gasteiger partial charge on any atom is -0.302 e. The van der Waals surface area contributed by atoms with Crippen molar-refractivity contribution in [3.63, 3.8) is 0 Å². The Morgan fingerprint density at radius 1 is 1.03 bits per heavy atom. The van der Waals surface area contributed by atoms with Gasteiger partial charge < -0.3 is 4.90 Å². The van der Waals surface area contributed by atoms with Crippen molar-refractivity contribution in [1.29, 1.82) is 0 Å². The number of aromatic nitrogens is 2. The minimum atomic E-state index is -3.99. The maximum atomic E-state index is 13.3. The van der Waals surface area contributed by atoms with Crippen molar-refractivity contribution < 1.29 is 17.4 Å². The van der Waals surface area contributed by atoms with Gasteiger partial charge in [0.25, 0.3) is 15.7 Å². The number of likely N-dealkylation sites (tertiary alicyclic amines) is 1. The van der Waals surface area contributed by atoms with E-state index in [0.717, 1.165) is 16.6 Å². The van der Waals surface area contributed by atoms with Crippen LogP contribution in [0.4, 0.5) is 4.39 Å². The van der Waals surface area contributed by atoms with Crippen molar-refractivity contribution >= 4 is 20.9 Å². The summed E-state index contributed by atoms with van der Waals surface area (Å²) in [5.74, 6) is -0.597. The van der Waals surface area contributed by atoms with Crippen LogP contribution in [0.3, 0.4) is 0 Å². The van der Waals surface area contributed by atoms with E-state index in [-0.39, 0.29) is 29.7 Å². The topological polar surface area (TPSA) is 92.5 Å². The summed E-state index contributed by atoms with van der Waals surface area (Å²) in [6.45, 7) is 1.50. The summed E-state index contributed by atoms with van der Waals surface area (Å²) in [4.78, 5) is 15.1. The first-order valence-electron chi connectivity index (χ1n) is 10.2. The maximum Gasteiger partial charge on any atom is 0.274 e. The van der Waals surface area contributed by atoms with Crippen LogP contribution >= 0.6 is 0 Å². The molecule has 0 atom stereocenters. The molecule has 3 aromatic rings. The normalized spacial score (nSPS) is 16.1. The summed E-state index contributed by atoms with van der Waals surface area (Å²) in [7, 11) is -3.99. The zero-order chi connectivity index (χ0) is 22.0. The fourth-order valence-electron chi connectivity index (χ4n) is 4.08. The van der Waals surface area contributed by atoms with E-state index in [0.29, 0.717) is 37.7 Å². The lowest BCUT2D eigenvalue weighted by Gasteiger charge is -2.32. The maximum absolute atomic E-state index is 13.3. The minimum absolute atomic E-state index is 0.0916. The highest BCUT2D eigenvalue weighted by Gasteiger charge is 2.24. The number of hydrogen-bond acceptors (Lipinski definition) is 5. The second-order valence-corrected chi connectivity index (χ2v) is 9.48. The first-order chi connectivity index (χ1) is 14.8. The van der Waals surface area contributed by atoms with Gasteiger partial charge in [0.05, 0.1) is 22.9 Å². The largest absolute Gasteiger partial charge is 0.302 e. The average Bonchev–Trinajstić information content (AvgIpc) is 2.76. The average molecular weight is 446 g/mol. The summed E-state index contributed by atoms with van der Waals surface area (Å²) in [6, 6.07) is 13.5. The Balaban J connectivity index is 1.60. The summed E-state index contributed by atoms with van der Waals surface area (Å²) >= 11 is 0. The van der Waals surface area contributed by atoms with Gasteiger partial charge in [-0.3, -0.25) is 9.35 Å². The van der Waals surface area contributed by atoms with E-state index in [9.17, 15) is 17.6 Å². The highest BCUT2D eigenvalue weighted by Crippen LogP contribution is 2.23. The van der Waals surface area contributed by atoms with Crippen LogP contribution in [0, 0.1) is 5.82 Å². The number of rotatable bonds is 6. The molecule has 7 nitrogen and oxygen atoms in total. The predicted molar refractivity (Wildman–Crippen MR) is 116 cm³/mol. The van der Waals surface area contributed by atoms with E-state index in [2.05, 4.69) is 0 Å². The SMILES string of the molecule is O=c1c2ccccc2c(Cc2ccc(F)cc2)nn1C1CCN(CCS(=O)(=O)O)CC1. The van der Waals surface area contributed by atoms with Gasteiger partial charge in [-0.2, -0.15) is 13.5 Å². The zero-order valence-electron chi connectivity index (χ0n) is 16.9. The number of piperidine rings is 1. The smallest absolute Gasteiger partial charge is 0.274 e. The molecule has 0 spiro atoms. The Morgan fingerprint density at radius 3 is 2.32 bits per heavy atom. The Bertz CT molecular complexity index is 1230. The highest BCUT2D eigenvalue weighted by molar-refractivity contribution is 7.85. The summed E-state index contributed by atoms with van der Waals surface area (Å²) in [6.07, 6.45) is 1.80. The molecule has 1 aliphatic rings. The van der Waals surface area contributed by atoms with Gasteiger partial charge in [-0.15, -0.1) is 0 Å². The standard InChI is InChI=1S/C22H24FN3O4S/c23-17-7-5-16(6-8-17)15-21-19-3-1-2-4-20(19)22(27)26(24-21)18-9-11-25(12-10-18)13-14-31(28,29)30/h1-8,18H,9-15H2,(H,28,29,30). The predicted octanol–water partition coefficient (Wildman–Crippen LogP) is 2.65. The van der Waals surface area contributed by atoms with E-state index in [1.54, 1.807) is 22.9 Å². The number of hydrogen-bond donors (Lipinski definition) is 1. The Hall–Kier alpha value is -2.62. The first-order valence-corrected chi connectivity index (χ1v) is 11.8. The van der Waals surface area contributed by atoms with Gasteiger partial charge >= 0.3 is 0 Å². The molecule has 2 aromatic carbocycles. The van der Waals surface area contributed by atoms with Crippen LogP contribution in [-0.2, 0) is 16.5 Å². The Kier molecular flexibility index (Phi) is 6.17. The molecule has 31 heavy (non-hydrogen) atoms. The lowest BCUT2D eigenvalue weighted by Crippen LogP contribution is -2.40. The van der Waals surface area contributed by atoms with Crippen LogP contribution < -0.4 is 5.56 Å². The third-order valence-electron chi connectivity index (χ3n) is 5.76. The summed E-state index contributed by atoms with van der Waals surface area (Å²) in [5.41, 5.74) is 1.52. The molecule has 1 saturated heterocycles. The van der Waals surface area contributed by atoms with Crippen LogP contribution in [0.2, 0.25) is 0 Å². The van der Waals surface area contributed by atoms with Crippen molar-refractivity contribution in [1.82, 2.24) is 14.7 Å². The van der Waals surface area contributed by atoms with Crippen molar-refractivity contribution in [3.8, 4) is 0 Å². The molecule has 2 heterocycles. The molecule has 0 bridgehead atoms. The molecule has 0 unspecified atom stereocenters. The molecule has 1 fully saturated rings. The summed E-state index contributed by atoms with van der Waals surface area (Å²) in [5, 5.41) is 6.10. The van der Waals surface area contributed by atoms with E-state index in [1.807, 2.05) is 23.1 Å². The number of fused-ring (bicyclic) bond motifs is 1. The molecule has 164 valence electrons. The van der Waals surface area contributed by atoms with Crippen LogP contribution in [0.5, 0.6) is 0 Å². The molecule has 0 amide bonds. The van der Waals surface area contributed by atoms with Gasteiger partial charge in [0.1, 0.15) is 5.82 Å². The quantitative estimate of drug-likeness (QED) is 0.587. The Morgan fingerprint density at radius 2 is 1.68 bits per heavy atom. The van der Waals surface area contributed by atoms with Gasteiger partial charge in [0, 0.05) is 31.4 Å². The van der Waals surface area contributed by atoms with E-state index < -0.39 is 10.1 Å². The molecule has 0 aliphatic carbocycles. The lowest BCUT2D eigenvalue weighted by molar-refractivity contribution is 0.184. The number of nitrogens with zero attached hydrogens (tertiary/aromatic N) is 3. The van der Waals surface area contributed by atoms with E-state index in [1.165, 1.54) is 12.1 Å². The molecule has 1 aliphatic heterocycles. The van der Waals surface area contributed by atoms with Crippen molar-refractivity contribution in [2.45, 2.75) is 25.3 Å². The molecule has 9 heteroatoms. The van der Waals surface area contributed by atoms with Gasteiger partial charge in [0.2, 0.25) is 0 Å². The highest BCUT2D eigenvalue weighted by atomic mass is 32.2. The van der Waals surface area contributed by atoms with Crippen molar-refractivity contribution in [2.75, 3.05) is 25.4 Å². The van der Waals surface area contributed by atoms with Crippen molar-refractivity contribution in [2.24, 2.45) is 0 Å². The lowest BCUT2D eigenvalue weighted by atomic mass is 10.0. The molecule has 4 rings (SSSR count). The van der Waals surface area contributed by atoms with Crippen LogP contribution in [0.25, 0.3) is 10.8 Å². The van der Waals surface area contributed by atoms with Gasteiger partial charge in [0.15, 0.2) is 0 Å². The first kappa shape index (κ1) is 21.6. The van der Waals surface area contributed by atoms with Crippen LogP contribution in [0.1, 0.15) is 30.1 Å².